The first-order valence-corrected chi connectivity index (χ1v) is 9.98. The molecule has 1 atom stereocenters. The van der Waals surface area contributed by atoms with Crippen LogP contribution in [-0.2, 0) is 9.53 Å². The minimum atomic E-state index is -0.765. The van der Waals surface area contributed by atoms with Gasteiger partial charge >= 0.3 is 0 Å². The average Bonchev–Trinajstić information content (AvgIpc) is 3.34. The van der Waals surface area contributed by atoms with Crippen LogP contribution in [0.3, 0.4) is 0 Å². The van der Waals surface area contributed by atoms with E-state index in [0.717, 1.165) is 6.42 Å². The summed E-state index contributed by atoms with van der Waals surface area (Å²) < 4.78 is 16.2. The first kappa shape index (κ1) is 21.6. The first-order chi connectivity index (χ1) is 14.4. The number of carbonyl (C=O) groups excluding carboxylic acids is 2. The van der Waals surface area contributed by atoms with E-state index in [1.807, 2.05) is 12.1 Å². The van der Waals surface area contributed by atoms with Crippen LogP contribution in [0.25, 0.3) is 0 Å². The maximum atomic E-state index is 13.0. The molecule has 0 radical (unpaired) electrons. The number of carbonyl (C=O) groups is 2. The van der Waals surface area contributed by atoms with Gasteiger partial charge in [0.1, 0.15) is 5.75 Å². The molecule has 0 aliphatic carbocycles. The van der Waals surface area contributed by atoms with Crippen molar-refractivity contribution in [2.24, 2.45) is 5.92 Å². The van der Waals surface area contributed by atoms with Gasteiger partial charge in [-0.05, 0) is 42.2 Å². The summed E-state index contributed by atoms with van der Waals surface area (Å²) in [6.45, 7) is 5.30. The minimum absolute atomic E-state index is 0.00890. The highest BCUT2D eigenvalue weighted by atomic mass is 16.5. The molecule has 0 fully saturated rings. The van der Waals surface area contributed by atoms with Gasteiger partial charge in [0.05, 0.1) is 31.1 Å². The molecule has 1 unspecified atom stereocenters. The number of hydrogen-bond donors (Lipinski definition) is 1. The Morgan fingerprint density at radius 2 is 2.03 bits per heavy atom. The fourth-order valence-electron chi connectivity index (χ4n) is 3.38. The summed E-state index contributed by atoms with van der Waals surface area (Å²) in [5.41, 5.74) is 0.658. The van der Waals surface area contributed by atoms with Gasteiger partial charge < -0.3 is 23.9 Å². The van der Waals surface area contributed by atoms with E-state index in [9.17, 15) is 14.7 Å². The molecule has 0 saturated carbocycles. The van der Waals surface area contributed by atoms with Gasteiger partial charge in [-0.1, -0.05) is 26.0 Å². The second-order valence-electron chi connectivity index (χ2n) is 7.57. The molecule has 3 rings (SSSR count). The van der Waals surface area contributed by atoms with E-state index in [1.165, 1.54) is 24.3 Å². The molecule has 7 heteroatoms. The molecule has 0 bridgehead atoms. The Balaban J connectivity index is 1.96. The molecule has 30 heavy (non-hydrogen) atoms. The molecular weight excluding hydrogens is 386 g/mol. The molecule has 2 aromatic rings. The van der Waals surface area contributed by atoms with E-state index < -0.39 is 23.5 Å². The quantitative estimate of drug-likeness (QED) is 0.594. The van der Waals surface area contributed by atoms with Crippen molar-refractivity contribution in [1.82, 2.24) is 4.90 Å². The van der Waals surface area contributed by atoms with E-state index in [-0.39, 0.29) is 24.5 Å². The summed E-state index contributed by atoms with van der Waals surface area (Å²) in [7, 11) is 1.53. The number of benzene rings is 1. The molecule has 7 nitrogen and oxygen atoms in total. The molecule has 1 aromatic heterocycles. The van der Waals surface area contributed by atoms with Gasteiger partial charge in [0, 0.05) is 13.7 Å². The highest BCUT2D eigenvalue weighted by Crippen LogP contribution is 2.39. The van der Waals surface area contributed by atoms with Crippen molar-refractivity contribution in [3.05, 3.63) is 65.3 Å². The van der Waals surface area contributed by atoms with E-state index in [0.29, 0.717) is 23.8 Å². The number of rotatable bonds is 10. The van der Waals surface area contributed by atoms with Gasteiger partial charge in [-0.2, -0.15) is 0 Å². The number of nitrogens with zero attached hydrogens (tertiary/aromatic N) is 1. The maximum Gasteiger partial charge on any atom is 0.290 e. The fourth-order valence-corrected chi connectivity index (χ4v) is 3.38. The number of methoxy groups -OCH3 is 1. The van der Waals surface area contributed by atoms with Gasteiger partial charge in [0.2, 0.25) is 5.78 Å². The predicted molar refractivity (Wildman–Crippen MR) is 110 cm³/mol. The average molecular weight is 413 g/mol. The van der Waals surface area contributed by atoms with Crippen molar-refractivity contribution in [3.63, 3.8) is 0 Å². The standard InChI is InChI=1S/C23H27NO6/c1-15(2)9-12-29-17-7-4-6-16(14-17)20-19(21(25)18-8-5-11-30-18)22(26)23(27)24(20)10-13-28-3/h4-8,11,14-15,20,26H,9-10,12-13H2,1-3H3. The van der Waals surface area contributed by atoms with Crippen LogP contribution < -0.4 is 4.74 Å². The Morgan fingerprint density at radius 3 is 2.70 bits per heavy atom. The number of ether oxygens (including phenoxy) is 2. The van der Waals surface area contributed by atoms with Gasteiger partial charge in [0.15, 0.2) is 11.5 Å². The van der Waals surface area contributed by atoms with Crippen molar-refractivity contribution in [3.8, 4) is 5.75 Å². The van der Waals surface area contributed by atoms with E-state index in [4.69, 9.17) is 13.9 Å². The zero-order chi connectivity index (χ0) is 21.7. The van der Waals surface area contributed by atoms with Crippen LogP contribution in [0.2, 0.25) is 0 Å². The normalized spacial score (nSPS) is 16.6. The Kier molecular flexibility index (Phi) is 6.95. The third kappa shape index (κ3) is 4.57. The molecule has 2 heterocycles. The molecule has 0 saturated heterocycles. The van der Waals surface area contributed by atoms with Crippen LogP contribution in [0.5, 0.6) is 5.75 Å². The number of ketones is 1. The van der Waals surface area contributed by atoms with Crippen molar-refractivity contribution in [1.29, 1.82) is 0 Å². The molecule has 1 aliphatic heterocycles. The number of aliphatic hydroxyl groups is 1. The third-order valence-corrected chi connectivity index (χ3v) is 4.97. The Hall–Kier alpha value is -3.06. The number of Topliss-reactive ketones (excluding diaryl/α,β-unsaturated/α-hetero) is 1. The Labute approximate surface area is 175 Å². The summed E-state index contributed by atoms with van der Waals surface area (Å²) in [4.78, 5) is 27.2. The second-order valence-corrected chi connectivity index (χ2v) is 7.57. The summed E-state index contributed by atoms with van der Waals surface area (Å²) >= 11 is 0. The van der Waals surface area contributed by atoms with E-state index >= 15 is 0 Å². The van der Waals surface area contributed by atoms with Gasteiger partial charge in [-0.3, -0.25) is 9.59 Å². The van der Waals surface area contributed by atoms with Crippen molar-refractivity contribution in [2.75, 3.05) is 26.9 Å². The topological polar surface area (TPSA) is 89.2 Å². The van der Waals surface area contributed by atoms with E-state index in [2.05, 4.69) is 13.8 Å². The number of hydrogen-bond acceptors (Lipinski definition) is 6. The molecule has 1 aromatic carbocycles. The summed E-state index contributed by atoms with van der Waals surface area (Å²) in [6, 6.07) is 9.57. The van der Waals surface area contributed by atoms with Crippen LogP contribution >= 0.6 is 0 Å². The van der Waals surface area contributed by atoms with Crippen LogP contribution in [0.4, 0.5) is 0 Å². The summed E-state index contributed by atoms with van der Waals surface area (Å²) in [5, 5.41) is 10.6. The van der Waals surface area contributed by atoms with Crippen molar-refractivity contribution < 1.29 is 28.6 Å². The molecule has 1 amide bonds. The number of amides is 1. The lowest BCUT2D eigenvalue weighted by molar-refractivity contribution is -0.130. The number of aliphatic hydroxyl groups excluding tert-OH is 1. The lowest BCUT2D eigenvalue weighted by atomic mass is 9.95. The first-order valence-electron chi connectivity index (χ1n) is 9.98. The number of furan rings is 1. The molecule has 160 valence electrons. The SMILES string of the molecule is COCCN1C(=O)C(O)=C(C(=O)c2ccco2)C1c1cccc(OCCC(C)C)c1. The highest BCUT2D eigenvalue weighted by molar-refractivity contribution is 6.15. The maximum absolute atomic E-state index is 13.0. The molecule has 1 aliphatic rings. The molecule has 0 spiro atoms. The fraction of sp³-hybridized carbons (Fsp3) is 0.391. The largest absolute Gasteiger partial charge is 0.503 e. The Bertz CT molecular complexity index is 916. The van der Waals surface area contributed by atoms with Crippen molar-refractivity contribution >= 4 is 11.7 Å². The minimum Gasteiger partial charge on any atom is -0.503 e. The highest BCUT2D eigenvalue weighted by Gasteiger charge is 2.44. The lowest BCUT2D eigenvalue weighted by Crippen LogP contribution is -2.34. The third-order valence-electron chi connectivity index (χ3n) is 4.97. The van der Waals surface area contributed by atoms with Crippen LogP contribution in [0.15, 0.2) is 58.4 Å². The van der Waals surface area contributed by atoms with Crippen molar-refractivity contribution in [2.45, 2.75) is 26.3 Å². The predicted octanol–water partition coefficient (Wildman–Crippen LogP) is 3.93. The van der Waals surface area contributed by atoms with Gasteiger partial charge in [-0.15, -0.1) is 0 Å². The second kappa shape index (κ2) is 9.63. The smallest absolute Gasteiger partial charge is 0.290 e. The lowest BCUT2D eigenvalue weighted by Gasteiger charge is -2.26. The zero-order valence-corrected chi connectivity index (χ0v) is 17.5. The van der Waals surface area contributed by atoms with Crippen LogP contribution in [-0.4, -0.2) is 48.6 Å². The van der Waals surface area contributed by atoms with Gasteiger partial charge in [0.25, 0.3) is 5.91 Å². The Morgan fingerprint density at radius 1 is 1.23 bits per heavy atom. The summed E-state index contributed by atoms with van der Waals surface area (Å²) in [5.74, 6) is -0.484. The molecular formula is C23H27NO6. The monoisotopic (exact) mass is 413 g/mol. The van der Waals surface area contributed by atoms with Crippen LogP contribution in [0.1, 0.15) is 42.4 Å². The molecule has 1 N–H and O–H groups in total. The zero-order valence-electron chi connectivity index (χ0n) is 17.5. The van der Waals surface area contributed by atoms with E-state index in [1.54, 1.807) is 18.2 Å². The van der Waals surface area contributed by atoms with Crippen LogP contribution in [0, 0.1) is 5.92 Å². The van der Waals surface area contributed by atoms with Gasteiger partial charge in [-0.25, -0.2) is 0 Å². The summed E-state index contributed by atoms with van der Waals surface area (Å²) in [6.07, 6.45) is 2.29.